The van der Waals surface area contributed by atoms with Crippen LogP contribution >= 0.6 is 15.9 Å². The van der Waals surface area contributed by atoms with E-state index in [2.05, 4.69) is 26.2 Å². The summed E-state index contributed by atoms with van der Waals surface area (Å²) < 4.78 is 19.6. The lowest BCUT2D eigenvalue weighted by atomic mass is 10.0. The number of rotatable bonds is 4. The molecule has 0 fully saturated rings. The van der Waals surface area contributed by atoms with Crippen LogP contribution in [-0.4, -0.2) is 16.6 Å². The van der Waals surface area contributed by atoms with Crippen LogP contribution in [0.15, 0.2) is 51.8 Å². The van der Waals surface area contributed by atoms with Crippen molar-refractivity contribution < 1.29 is 13.6 Å². The van der Waals surface area contributed by atoms with Crippen LogP contribution in [0.5, 0.6) is 0 Å². The van der Waals surface area contributed by atoms with Gasteiger partial charge < -0.3 is 15.5 Å². The molecule has 3 rings (SSSR count). The molecule has 0 atom stereocenters. The monoisotopic (exact) mass is 416 g/mol. The lowest BCUT2D eigenvalue weighted by Crippen LogP contribution is -2.16. The van der Waals surface area contributed by atoms with Gasteiger partial charge in [-0.1, -0.05) is 6.07 Å². The van der Waals surface area contributed by atoms with E-state index in [1.165, 1.54) is 18.7 Å². The van der Waals surface area contributed by atoms with Gasteiger partial charge in [0.2, 0.25) is 0 Å². The number of hydrogen-bond acceptors (Lipinski definition) is 5. The van der Waals surface area contributed by atoms with Gasteiger partial charge in [0.05, 0.1) is 16.2 Å². The van der Waals surface area contributed by atoms with Crippen molar-refractivity contribution in [2.75, 3.05) is 11.1 Å². The van der Waals surface area contributed by atoms with Gasteiger partial charge >= 0.3 is 0 Å². The Labute approximate surface area is 156 Å². The predicted octanol–water partition coefficient (Wildman–Crippen LogP) is 4.14. The van der Waals surface area contributed by atoms with Crippen molar-refractivity contribution in [2.24, 2.45) is 0 Å². The Balaban J connectivity index is 1.92. The van der Waals surface area contributed by atoms with E-state index < -0.39 is 11.7 Å². The third kappa shape index (κ3) is 3.36. The Morgan fingerprint density at radius 2 is 2.12 bits per heavy atom. The summed E-state index contributed by atoms with van der Waals surface area (Å²) in [6.07, 6.45) is 2.61. The number of nitrogens with zero attached hydrogens (tertiary/aromatic N) is 1. The maximum atomic E-state index is 14.3. The fourth-order valence-corrected chi connectivity index (χ4v) is 2.77. The lowest BCUT2D eigenvalue weighted by Gasteiger charge is -2.12. The molecule has 1 heterocycles. The molecule has 3 aromatic rings. The average Bonchev–Trinajstić information content (AvgIpc) is 3.14. The summed E-state index contributed by atoms with van der Waals surface area (Å²) in [5.41, 5.74) is 7.49. The Kier molecular flexibility index (Phi) is 4.85. The molecule has 0 saturated carbocycles. The zero-order valence-corrected chi connectivity index (χ0v) is 15.2. The summed E-state index contributed by atoms with van der Waals surface area (Å²) in [6, 6.07) is 7.86. The van der Waals surface area contributed by atoms with Crippen molar-refractivity contribution in [1.29, 1.82) is 5.41 Å². The molecule has 1 aromatic heterocycles. The summed E-state index contributed by atoms with van der Waals surface area (Å²) in [6.45, 7) is 1.65. The Morgan fingerprint density at radius 1 is 1.35 bits per heavy atom. The average molecular weight is 417 g/mol. The number of halogens is 2. The number of carbonyl (C=O) groups excluding carboxylic acids is 1. The normalized spacial score (nSPS) is 10.6. The number of nitrogens with one attached hydrogen (secondary N) is 2. The van der Waals surface area contributed by atoms with E-state index in [4.69, 9.17) is 15.6 Å². The zero-order chi connectivity index (χ0) is 18.8. The molecule has 0 spiro atoms. The van der Waals surface area contributed by atoms with Gasteiger partial charge in [-0.25, -0.2) is 9.37 Å². The second-order valence-corrected chi connectivity index (χ2v) is 6.40. The molecule has 0 aliphatic carbocycles. The highest BCUT2D eigenvalue weighted by atomic mass is 79.9. The standard InChI is InChI=1S/C18H14BrFN4O2/c1-9-2-4-12(19)16(20)15(9)18(25)24-10-3-5-13(21)11(6-10)17(22)14-7-23-8-26-14/h2-8,22H,21H2,1H3,(H,24,25). The molecule has 0 saturated heterocycles. The largest absolute Gasteiger partial charge is 0.442 e. The molecular formula is C18H14BrFN4O2. The van der Waals surface area contributed by atoms with Crippen LogP contribution in [0, 0.1) is 18.2 Å². The number of nitrogen functional groups attached to an aromatic ring is 1. The first kappa shape index (κ1) is 17.8. The molecule has 0 aliphatic rings. The Morgan fingerprint density at radius 3 is 2.81 bits per heavy atom. The second-order valence-electron chi connectivity index (χ2n) is 5.55. The van der Waals surface area contributed by atoms with Crippen LogP contribution in [0.1, 0.15) is 27.2 Å². The molecule has 0 aliphatic heterocycles. The Hall–Kier alpha value is -3.00. The smallest absolute Gasteiger partial charge is 0.258 e. The number of aryl methyl sites for hydroxylation is 1. The molecule has 0 bridgehead atoms. The van der Waals surface area contributed by atoms with Crippen LogP contribution in [0.4, 0.5) is 15.8 Å². The maximum absolute atomic E-state index is 14.3. The third-order valence-corrected chi connectivity index (χ3v) is 4.40. The van der Waals surface area contributed by atoms with E-state index >= 15 is 0 Å². The van der Waals surface area contributed by atoms with E-state index in [0.29, 0.717) is 22.5 Å². The quantitative estimate of drug-likeness (QED) is 0.438. The summed E-state index contributed by atoms with van der Waals surface area (Å²) in [7, 11) is 0. The number of hydrogen-bond donors (Lipinski definition) is 3. The van der Waals surface area contributed by atoms with Gasteiger partial charge in [-0.3, -0.25) is 10.2 Å². The van der Waals surface area contributed by atoms with Gasteiger partial charge in [0.15, 0.2) is 12.2 Å². The van der Waals surface area contributed by atoms with Crippen LogP contribution in [0.25, 0.3) is 0 Å². The minimum absolute atomic E-state index is 0.0286. The van der Waals surface area contributed by atoms with Crippen molar-refractivity contribution in [1.82, 2.24) is 4.98 Å². The molecule has 8 heteroatoms. The zero-order valence-electron chi connectivity index (χ0n) is 13.6. The molecule has 26 heavy (non-hydrogen) atoms. The van der Waals surface area contributed by atoms with Gasteiger partial charge in [-0.15, -0.1) is 0 Å². The second kappa shape index (κ2) is 7.09. The fraction of sp³-hybridized carbons (Fsp3) is 0.0556. The highest BCUT2D eigenvalue weighted by Crippen LogP contribution is 2.25. The number of oxazole rings is 1. The van der Waals surface area contributed by atoms with Gasteiger partial charge in [-0.2, -0.15) is 0 Å². The van der Waals surface area contributed by atoms with E-state index in [1.54, 1.807) is 31.2 Å². The summed E-state index contributed by atoms with van der Waals surface area (Å²) >= 11 is 3.08. The summed E-state index contributed by atoms with van der Waals surface area (Å²) in [4.78, 5) is 16.3. The van der Waals surface area contributed by atoms with Crippen molar-refractivity contribution in [3.8, 4) is 0 Å². The van der Waals surface area contributed by atoms with Crippen molar-refractivity contribution in [3.05, 3.63) is 75.7 Å². The number of benzene rings is 2. The number of amides is 1. The maximum Gasteiger partial charge on any atom is 0.258 e. The first-order valence-corrected chi connectivity index (χ1v) is 8.31. The van der Waals surface area contributed by atoms with E-state index in [1.807, 2.05) is 0 Å². The van der Waals surface area contributed by atoms with Crippen LogP contribution in [0.3, 0.4) is 0 Å². The van der Waals surface area contributed by atoms with Crippen molar-refractivity contribution >= 4 is 38.9 Å². The van der Waals surface area contributed by atoms with Gasteiger partial charge in [0.1, 0.15) is 11.5 Å². The molecule has 2 aromatic carbocycles. The van der Waals surface area contributed by atoms with Crippen molar-refractivity contribution in [3.63, 3.8) is 0 Å². The van der Waals surface area contributed by atoms with Crippen LogP contribution in [-0.2, 0) is 0 Å². The van der Waals surface area contributed by atoms with Gasteiger partial charge in [0.25, 0.3) is 5.91 Å². The topological polar surface area (TPSA) is 105 Å². The van der Waals surface area contributed by atoms with Gasteiger partial charge in [0, 0.05) is 16.9 Å². The lowest BCUT2D eigenvalue weighted by molar-refractivity contribution is 0.102. The van der Waals surface area contributed by atoms with E-state index in [0.717, 1.165) is 0 Å². The number of carbonyl (C=O) groups is 1. The highest BCUT2D eigenvalue weighted by molar-refractivity contribution is 9.10. The molecular weight excluding hydrogens is 403 g/mol. The highest BCUT2D eigenvalue weighted by Gasteiger charge is 2.18. The molecule has 1 amide bonds. The van der Waals surface area contributed by atoms with Crippen molar-refractivity contribution in [2.45, 2.75) is 6.92 Å². The number of aromatic nitrogens is 1. The first-order chi connectivity index (χ1) is 12.4. The van der Waals surface area contributed by atoms with Crippen LogP contribution in [0.2, 0.25) is 0 Å². The molecule has 4 N–H and O–H groups in total. The molecule has 0 radical (unpaired) electrons. The minimum atomic E-state index is -0.632. The third-order valence-electron chi connectivity index (χ3n) is 3.79. The molecule has 0 unspecified atom stereocenters. The Bertz CT molecular complexity index is 1000. The number of anilines is 2. The number of nitrogens with two attached hydrogens (primary N) is 1. The molecule has 6 nitrogen and oxygen atoms in total. The fourth-order valence-electron chi connectivity index (χ4n) is 2.44. The van der Waals surface area contributed by atoms with E-state index in [-0.39, 0.29) is 21.5 Å². The van der Waals surface area contributed by atoms with E-state index in [9.17, 15) is 9.18 Å². The van der Waals surface area contributed by atoms with Gasteiger partial charge in [-0.05, 0) is 52.7 Å². The minimum Gasteiger partial charge on any atom is -0.442 e. The summed E-state index contributed by atoms with van der Waals surface area (Å²) in [5, 5.41) is 10.8. The molecule has 132 valence electrons. The predicted molar refractivity (Wildman–Crippen MR) is 100 cm³/mol. The summed E-state index contributed by atoms with van der Waals surface area (Å²) in [5.74, 6) is -0.982. The SMILES string of the molecule is Cc1ccc(Br)c(F)c1C(=O)Nc1ccc(N)c(C(=N)c2cnco2)c1. The first-order valence-electron chi connectivity index (χ1n) is 7.51. The van der Waals surface area contributed by atoms with Crippen LogP contribution < -0.4 is 11.1 Å².